The van der Waals surface area contributed by atoms with Gasteiger partial charge in [0.05, 0.1) is 24.4 Å². The van der Waals surface area contributed by atoms with E-state index in [1.165, 1.54) is 0 Å². The second-order valence-electron chi connectivity index (χ2n) is 6.39. The lowest BCUT2D eigenvalue weighted by atomic mass is 10.0. The average molecular weight is 339 g/mol. The van der Waals surface area contributed by atoms with Gasteiger partial charge in [0.15, 0.2) is 5.60 Å². The summed E-state index contributed by atoms with van der Waals surface area (Å²) in [6.07, 6.45) is 0. The molecule has 3 rings (SSSR count). The third kappa shape index (κ3) is 3.36. The van der Waals surface area contributed by atoms with Gasteiger partial charge in [-0.1, -0.05) is 30.3 Å². The van der Waals surface area contributed by atoms with Crippen molar-refractivity contribution in [2.45, 2.75) is 32.9 Å². The van der Waals surface area contributed by atoms with Crippen molar-refractivity contribution in [3.8, 4) is 5.75 Å². The van der Waals surface area contributed by atoms with Gasteiger partial charge in [-0.05, 0) is 44.5 Å². The second kappa shape index (κ2) is 6.59. The first-order valence-corrected chi connectivity index (χ1v) is 8.28. The number of amides is 1. The van der Waals surface area contributed by atoms with E-state index in [9.17, 15) is 9.59 Å². The van der Waals surface area contributed by atoms with Crippen LogP contribution in [-0.2, 0) is 16.1 Å². The van der Waals surface area contributed by atoms with Gasteiger partial charge in [0.1, 0.15) is 5.75 Å². The number of fused-ring (bicyclic) bond motifs is 1. The maximum Gasteiger partial charge on any atom is 0.338 e. The van der Waals surface area contributed by atoms with Crippen LogP contribution < -0.4 is 9.64 Å². The minimum Gasteiger partial charge on any atom is -0.476 e. The van der Waals surface area contributed by atoms with E-state index in [0.717, 1.165) is 5.56 Å². The highest BCUT2D eigenvalue weighted by Crippen LogP contribution is 2.39. The van der Waals surface area contributed by atoms with Gasteiger partial charge in [-0.15, -0.1) is 0 Å². The van der Waals surface area contributed by atoms with Gasteiger partial charge in [0.25, 0.3) is 5.91 Å². The molecule has 5 heteroatoms. The van der Waals surface area contributed by atoms with Crippen LogP contribution in [0.5, 0.6) is 5.75 Å². The average Bonchev–Trinajstić information content (AvgIpc) is 2.59. The first-order valence-electron chi connectivity index (χ1n) is 8.28. The van der Waals surface area contributed by atoms with E-state index in [1.54, 1.807) is 43.9 Å². The molecule has 0 fully saturated rings. The van der Waals surface area contributed by atoms with Gasteiger partial charge in [-0.25, -0.2) is 4.79 Å². The number of anilines is 1. The summed E-state index contributed by atoms with van der Waals surface area (Å²) in [6.45, 7) is 5.95. The molecule has 1 aliphatic heterocycles. The molecule has 2 aromatic rings. The molecule has 0 N–H and O–H groups in total. The van der Waals surface area contributed by atoms with E-state index in [1.807, 2.05) is 30.3 Å². The number of benzene rings is 2. The Morgan fingerprint density at radius 1 is 1.16 bits per heavy atom. The van der Waals surface area contributed by atoms with Crippen LogP contribution in [0.15, 0.2) is 48.5 Å². The Morgan fingerprint density at radius 2 is 1.88 bits per heavy atom. The Balaban J connectivity index is 2.03. The summed E-state index contributed by atoms with van der Waals surface area (Å²) in [5, 5.41) is 0. The van der Waals surface area contributed by atoms with Crippen LogP contribution >= 0.6 is 0 Å². The molecular weight excluding hydrogens is 318 g/mol. The molecule has 1 aliphatic rings. The lowest BCUT2D eigenvalue weighted by molar-refractivity contribution is -0.132. The fourth-order valence-electron chi connectivity index (χ4n) is 2.83. The molecule has 0 aliphatic carbocycles. The van der Waals surface area contributed by atoms with Gasteiger partial charge in [0, 0.05) is 0 Å². The van der Waals surface area contributed by atoms with Crippen LogP contribution in [0.4, 0.5) is 5.69 Å². The second-order valence-corrected chi connectivity index (χ2v) is 6.39. The molecule has 0 saturated heterocycles. The highest BCUT2D eigenvalue weighted by Gasteiger charge is 2.41. The summed E-state index contributed by atoms with van der Waals surface area (Å²) >= 11 is 0. The van der Waals surface area contributed by atoms with Gasteiger partial charge in [0.2, 0.25) is 0 Å². The Hall–Kier alpha value is -2.82. The normalized spacial score (nSPS) is 15.3. The number of hydrogen-bond donors (Lipinski definition) is 0. The molecule has 1 heterocycles. The van der Waals surface area contributed by atoms with Crippen molar-refractivity contribution >= 4 is 17.6 Å². The molecule has 25 heavy (non-hydrogen) atoms. The maximum absolute atomic E-state index is 12.9. The number of hydrogen-bond acceptors (Lipinski definition) is 4. The molecule has 0 aromatic heterocycles. The van der Waals surface area contributed by atoms with Crippen LogP contribution in [0.25, 0.3) is 0 Å². The Bertz CT molecular complexity index is 799. The fourth-order valence-corrected chi connectivity index (χ4v) is 2.83. The first kappa shape index (κ1) is 17.0. The summed E-state index contributed by atoms with van der Waals surface area (Å²) in [6, 6.07) is 14.7. The SMILES string of the molecule is CCOC(=O)c1ccc2c(c1)N(Cc1ccccc1)C(=O)C(C)(C)O2. The lowest BCUT2D eigenvalue weighted by Gasteiger charge is -2.39. The van der Waals surface area contributed by atoms with E-state index < -0.39 is 11.6 Å². The Labute approximate surface area is 147 Å². The molecule has 0 unspecified atom stereocenters. The summed E-state index contributed by atoms with van der Waals surface area (Å²) in [7, 11) is 0. The van der Waals surface area contributed by atoms with Crippen molar-refractivity contribution in [2.75, 3.05) is 11.5 Å². The number of carbonyl (C=O) groups is 2. The third-order valence-electron chi connectivity index (χ3n) is 4.07. The number of esters is 1. The maximum atomic E-state index is 12.9. The number of nitrogens with zero attached hydrogens (tertiary/aromatic N) is 1. The van der Waals surface area contributed by atoms with Crippen LogP contribution in [0, 0.1) is 0 Å². The summed E-state index contributed by atoms with van der Waals surface area (Å²) < 4.78 is 10.9. The zero-order valence-corrected chi connectivity index (χ0v) is 14.6. The number of ether oxygens (including phenoxy) is 2. The smallest absolute Gasteiger partial charge is 0.338 e. The molecule has 0 bridgehead atoms. The predicted octanol–water partition coefficient (Wildman–Crippen LogP) is 3.57. The molecule has 2 aromatic carbocycles. The van der Waals surface area contributed by atoms with Crippen molar-refractivity contribution in [1.82, 2.24) is 0 Å². The molecule has 5 nitrogen and oxygen atoms in total. The largest absolute Gasteiger partial charge is 0.476 e. The number of rotatable bonds is 4. The lowest BCUT2D eigenvalue weighted by Crippen LogP contribution is -2.52. The van der Waals surface area contributed by atoms with Gasteiger partial charge in [-0.3, -0.25) is 4.79 Å². The summed E-state index contributed by atoms with van der Waals surface area (Å²) in [5.41, 5.74) is 1.02. The highest BCUT2D eigenvalue weighted by molar-refractivity contribution is 6.03. The van der Waals surface area contributed by atoms with Crippen molar-refractivity contribution in [2.24, 2.45) is 0 Å². The van der Waals surface area contributed by atoms with E-state index >= 15 is 0 Å². The fraction of sp³-hybridized carbons (Fsp3) is 0.300. The molecule has 0 atom stereocenters. The standard InChI is InChI=1S/C20H21NO4/c1-4-24-18(22)15-10-11-17-16(12-15)21(19(23)20(2,3)25-17)13-14-8-6-5-7-9-14/h5-12H,4,13H2,1-3H3. The van der Waals surface area contributed by atoms with Crippen LogP contribution in [-0.4, -0.2) is 24.1 Å². The van der Waals surface area contributed by atoms with Gasteiger partial charge in [-0.2, -0.15) is 0 Å². The zero-order chi connectivity index (χ0) is 18.0. The first-order chi connectivity index (χ1) is 11.9. The number of carbonyl (C=O) groups excluding carboxylic acids is 2. The Morgan fingerprint density at radius 3 is 2.56 bits per heavy atom. The van der Waals surface area contributed by atoms with Crippen molar-refractivity contribution < 1.29 is 19.1 Å². The predicted molar refractivity (Wildman–Crippen MR) is 94.7 cm³/mol. The van der Waals surface area contributed by atoms with Crippen LogP contribution in [0.3, 0.4) is 0 Å². The topological polar surface area (TPSA) is 55.8 Å². The highest BCUT2D eigenvalue weighted by atomic mass is 16.5. The molecule has 0 spiro atoms. The third-order valence-corrected chi connectivity index (χ3v) is 4.07. The molecule has 0 saturated carbocycles. The zero-order valence-electron chi connectivity index (χ0n) is 14.6. The van der Waals surface area contributed by atoms with E-state index in [0.29, 0.717) is 30.2 Å². The van der Waals surface area contributed by atoms with Crippen molar-refractivity contribution in [1.29, 1.82) is 0 Å². The monoisotopic (exact) mass is 339 g/mol. The molecule has 130 valence electrons. The molecule has 1 amide bonds. The molecular formula is C20H21NO4. The van der Waals surface area contributed by atoms with E-state index in [2.05, 4.69) is 0 Å². The summed E-state index contributed by atoms with van der Waals surface area (Å²) in [5.74, 6) is 0.0145. The Kier molecular flexibility index (Phi) is 4.49. The van der Waals surface area contributed by atoms with E-state index in [4.69, 9.17) is 9.47 Å². The summed E-state index contributed by atoms with van der Waals surface area (Å²) in [4.78, 5) is 26.6. The van der Waals surface area contributed by atoms with Crippen LogP contribution in [0.2, 0.25) is 0 Å². The van der Waals surface area contributed by atoms with Gasteiger partial charge < -0.3 is 14.4 Å². The minimum absolute atomic E-state index is 0.148. The van der Waals surface area contributed by atoms with E-state index in [-0.39, 0.29) is 5.91 Å². The minimum atomic E-state index is -0.965. The van der Waals surface area contributed by atoms with Crippen LogP contribution in [0.1, 0.15) is 36.7 Å². The van der Waals surface area contributed by atoms with Crippen molar-refractivity contribution in [3.05, 3.63) is 59.7 Å². The van der Waals surface area contributed by atoms with Gasteiger partial charge >= 0.3 is 5.97 Å². The molecule has 0 radical (unpaired) electrons. The van der Waals surface area contributed by atoms with Crippen molar-refractivity contribution in [3.63, 3.8) is 0 Å². The quantitative estimate of drug-likeness (QED) is 0.799.